The van der Waals surface area contributed by atoms with Crippen LogP contribution in [0.1, 0.15) is 20.8 Å². The normalized spacial score (nSPS) is 28.2. The Balaban J connectivity index is 2.61. The molecule has 0 radical (unpaired) electrons. The van der Waals surface area contributed by atoms with Crippen molar-refractivity contribution in [3.8, 4) is 0 Å². The van der Waals surface area contributed by atoms with Crippen molar-refractivity contribution in [3.63, 3.8) is 0 Å². The van der Waals surface area contributed by atoms with Crippen LogP contribution in [-0.2, 0) is 9.53 Å². The predicted molar refractivity (Wildman–Crippen MR) is 65.6 cm³/mol. The van der Waals surface area contributed by atoms with Gasteiger partial charge in [0.15, 0.2) is 0 Å². The van der Waals surface area contributed by atoms with Gasteiger partial charge in [-0.3, -0.25) is 4.79 Å². The van der Waals surface area contributed by atoms with Gasteiger partial charge in [-0.25, -0.2) is 0 Å². The molecule has 1 fully saturated rings. The van der Waals surface area contributed by atoms with Crippen LogP contribution in [0.5, 0.6) is 0 Å². The van der Waals surface area contributed by atoms with E-state index in [4.69, 9.17) is 9.84 Å². The highest BCUT2D eigenvalue weighted by molar-refractivity contribution is 9.10. The fourth-order valence-electron chi connectivity index (χ4n) is 1.79. The smallest absolute Gasteiger partial charge is 0.236 e. The molecule has 0 aromatic carbocycles. The summed E-state index contributed by atoms with van der Waals surface area (Å²) in [6.45, 7) is 6.97. The maximum atomic E-state index is 12.1. The standard InChI is InChI=1S/C11H20BrNO3/c1-7(2)10(12)11(15)13-4-8(3)16-9(5-13)6-14/h7-10,14H,4-6H2,1-3H3. The van der Waals surface area contributed by atoms with E-state index in [9.17, 15) is 4.79 Å². The number of alkyl halides is 1. The van der Waals surface area contributed by atoms with Crippen LogP contribution in [0.25, 0.3) is 0 Å². The van der Waals surface area contributed by atoms with Crippen molar-refractivity contribution in [3.05, 3.63) is 0 Å². The van der Waals surface area contributed by atoms with Crippen LogP contribution >= 0.6 is 15.9 Å². The minimum absolute atomic E-state index is 0.0123. The Hall–Kier alpha value is -0.130. The summed E-state index contributed by atoms with van der Waals surface area (Å²) in [5, 5.41) is 9.08. The molecule has 5 heteroatoms. The average Bonchev–Trinajstić information content (AvgIpc) is 2.25. The van der Waals surface area contributed by atoms with Crippen LogP contribution in [0.4, 0.5) is 0 Å². The van der Waals surface area contributed by atoms with E-state index in [1.807, 2.05) is 20.8 Å². The Morgan fingerprint density at radius 1 is 1.56 bits per heavy atom. The minimum atomic E-state index is -0.250. The third-order valence-corrected chi connectivity index (χ3v) is 4.11. The highest BCUT2D eigenvalue weighted by atomic mass is 79.9. The van der Waals surface area contributed by atoms with E-state index in [-0.39, 0.29) is 35.5 Å². The van der Waals surface area contributed by atoms with Crippen LogP contribution in [0, 0.1) is 5.92 Å². The molecule has 0 aromatic heterocycles. The molecule has 16 heavy (non-hydrogen) atoms. The second kappa shape index (κ2) is 5.98. The maximum absolute atomic E-state index is 12.1. The van der Waals surface area contributed by atoms with Crippen molar-refractivity contribution in [2.45, 2.75) is 37.8 Å². The van der Waals surface area contributed by atoms with E-state index in [0.29, 0.717) is 13.1 Å². The SMILES string of the molecule is CC1CN(C(=O)C(Br)C(C)C)CC(CO)O1. The molecule has 0 saturated carbocycles. The Morgan fingerprint density at radius 2 is 2.19 bits per heavy atom. The molecule has 1 aliphatic rings. The first kappa shape index (κ1) is 13.9. The Kier molecular flexibility index (Phi) is 5.21. The molecule has 1 aliphatic heterocycles. The zero-order valence-electron chi connectivity index (χ0n) is 10.0. The van der Waals surface area contributed by atoms with Gasteiger partial charge < -0.3 is 14.7 Å². The van der Waals surface area contributed by atoms with E-state index < -0.39 is 0 Å². The van der Waals surface area contributed by atoms with Gasteiger partial charge in [-0.2, -0.15) is 0 Å². The molecule has 0 aromatic rings. The van der Waals surface area contributed by atoms with E-state index in [1.165, 1.54) is 0 Å². The summed E-state index contributed by atoms with van der Waals surface area (Å²) in [6, 6.07) is 0. The zero-order chi connectivity index (χ0) is 12.3. The largest absolute Gasteiger partial charge is 0.394 e. The van der Waals surface area contributed by atoms with Crippen molar-refractivity contribution in [1.82, 2.24) is 4.90 Å². The summed E-state index contributed by atoms with van der Waals surface area (Å²) >= 11 is 3.41. The fourth-order valence-corrected chi connectivity index (χ4v) is 2.08. The molecular weight excluding hydrogens is 274 g/mol. The third-order valence-electron chi connectivity index (χ3n) is 2.66. The number of hydrogen-bond acceptors (Lipinski definition) is 3. The number of rotatable bonds is 3. The Labute approximate surface area is 105 Å². The first-order chi connectivity index (χ1) is 7.45. The molecule has 3 unspecified atom stereocenters. The molecule has 1 N–H and O–H groups in total. The second-order valence-corrected chi connectivity index (χ2v) is 5.63. The molecule has 94 valence electrons. The van der Waals surface area contributed by atoms with E-state index in [2.05, 4.69) is 15.9 Å². The molecule has 1 amide bonds. The molecule has 0 bridgehead atoms. The maximum Gasteiger partial charge on any atom is 0.236 e. The minimum Gasteiger partial charge on any atom is -0.394 e. The van der Waals surface area contributed by atoms with Gasteiger partial charge in [-0.05, 0) is 12.8 Å². The lowest BCUT2D eigenvalue weighted by atomic mass is 10.1. The van der Waals surface area contributed by atoms with Crippen molar-refractivity contribution in [2.24, 2.45) is 5.92 Å². The van der Waals surface area contributed by atoms with E-state index >= 15 is 0 Å². The quantitative estimate of drug-likeness (QED) is 0.791. The lowest BCUT2D eigenvalue weighted by Gasteiger charge is -2.37. The van der Waals surface area contributed by atoms with Gasteiger partial charge >= 0.3 is 0 Å². The first-order valence-electron chi connectivity index (χ1n) is 5.64. The first-order valence-corrected chi connectivity index (χ1v) is 6.56. The monoisotopic (exact) mass is 293 g/mol. The number of aliphatic hydroxyl groups is 1. The summed E-state index contributed by atoms with van der Waals surface area (Å²) < 4.78 is 5.50. The van der Waals surface area contributed by atoms with Crippen LogP contribution in [-0.4, -0.2) is 52.6 Å². The number of nitrogens with zero attached hydrogens (tertiary/aromatic N) is 1. The summed E-state index contributed by atoms with van der Waals surface area (Å²) in [5.41, 5.74) is 0. The molecule has 1 rings (SSSR count). The van der Waals surface area contributed by atoms with E-state index in [1.54, 1.807) is 4.90 Å². The number of carbonyl (C=O) groups excluding carboxylic acids is 1. The van der Waals surface area contributed by atoms with Gasteiger partial charge in [0.05, 0.1) is 23.6 Å². The summed E-state index contributed by atoms with van der Waals surface area (Å²) in [4.78, 5) is 13.7. The summed E-state index contributed by atoms with van der Waals surface area (Å²) in [7, 11) is 0. The number of amides is 1. The zero-order valence-corrected chi connectivity index (χ0v) is 11.6. The van der Waals surface area contributed by atoms with Crippen LogP contribution in [0.2, 0.25) is 0 Å². The third kappa shape index (κ3) is 3.43. The number of morpholine rings is 1. The van der Waals surface area contributed by atoms with Gasteiger partial charge in [-0.15, -0.1) is 0 Å². The molecular formula is C11H20BrNO3. The molecule has 1 saturated heterocycles. The lowest BCUT2D eigenvalue weighted by molar-refractivity contribution is -0.147. The van der Waals surface area contributed by atoms with Crippen LogP contribution in [0.3, 0.4) is 0 Å². The number of carbonyl (C=O) groups is 1. The topological polar surface area (TPSA) is 49.8 Å². The number of halogens is 1. The Bertz CT molecular complexity index is 247. The van der Waals surface area contributed by atoms with Gasteiger partial charge in [-0.1, -0.05) is 29.8 Å². The summed E-state index contributed by atoms with van der Waals surface area (Å²) in [5.74, 6) is 0.349. The van der Waals surface area contributed by atoms with Gasteiger partial charge in [0.25, 0.3) is 0 Å². The molecule has 0 aliphatic carbocycles. The van der Waals surface area contributed by atoms with Crippen molar-refractivity contribution in [2.75, 3.05) is 19.7 Å². The highest BCUT2D eigenvalue weighted by Crippen LogP contribution is 2.19. The van der Waals surface area contributed by atoms with Crippen molar-refractivity contribution in [1.29, 1.82) is 0 Å². The highest BCUT2D eigenvalue weighted by Gasteiger charge is 2.31. The van der Waals surface area contributed by atoms with Crippen LogP contribution in [0.15, 0.2) is 0 Å². The van der Waals surface area contributed by atoms with E-state index in [0.717, 1.165) is 0 Å². The van der Waals surface area contributed by atoms with Crippen molar-refractivity contribution >= 4 is 21.8 Å². The fraction of sp³-hybridized carbons (Fsp3) is 0.909. The van der Waals surface area contributed by atoms with Crippen molar-refractivity contribution < 1.29 is 14.6 Å². The predicted octanol–water partition coefficient (Wildman–Crippen LogP) is 1.01. The van der Waals surface area contributed by atoms with Gasteiger partial charge in [0, 0.05) is 13.1 Å². The molecule has 1 heterocycles. The number of aliphatic hydroxyl groups excluding tert-OH is 1. The Morgan fingerprint density at radius 3 is 2.69 bits per heavy atom. The van der Waals surface area contributed by atoms with Gasteiger partial charge in [0.1, 0.15) is 0 Å². The summed E-state index contributed by atoms with van der Waals surface area (Å²) in [6.07, 6.45) is -0.263. The second-order valence-electron chi connectivity index (χ2n) is 4.64. The molecule has 4 nitrogen and oxygen atoms in total. The number of hydrogen-bond donors (Lipinski definition) is 1. The average molecular weight is 294 g/mol. The molecule has 3 atom stereocenters. The lowest BCUT2D eigenvalue weighted by Crippen LogP contribution is -2.52. The number of ether oxygens (including phenoxy) is 1. The molecule has 0 spiro atoms. The van der Waals surface area contributed by atoms with Crippen LogP contribution < -0.4 is 0 Å². The van der Waals surface area contributed by atoms with Gasteiger partial charge in [0.2, 0.25) is 5.91 Å².